The molecule has 0 radical (unpaired) electrons. The largest absolute Gasteiger partial charge is 0.465 e. The molecule has 4 N–H and O–H groups in total. The van der Waals surface area contributed by atoms with Crippen LogP contribution in [-0.2, 0) is 9.53 Å². The predicted octanol–water partition coefficient (Wildman–Crippen LogP) is 3.95. The molecule has 0 aromatic carbocycles. The third-order valence-electron chi connectivity index (χ3n) is 5.72. The highest BCUT2D eigenvalue weighted by atomic mass is 79.9. The number of ether oxygens (including phenoxy) is 1. The van der Waals surface area contributed by atoms with E-state index in [1.807, 2.05) is 0 Å². The summed E-state index contributed by atoms with van der Waals surface area (Å²) in [6, 6.07) is -0.331. The van der Waals surface area contributed by atoms with Crippen LogP contribution in [0.3, 0.4) is 0 Å². The Bertz CT molecular complexity index is 971. The molecule has 0 bridgehead atoms. The van der Waals surface area contributed by atoms with Crippen LogP contribution in [0.25, 0.3) is 11.0 Å². The van der Waals surface area contributed by atoms with Crippen molar-refractivity contribution < 1.29 is 19.4 Å². The first kappa shape index (κ1) is 23.3. The lowest BCUT2D eigenvalue weighted by atomic mass is 9.77. The summed E-state index contributed by atoms with van der Waals surface area (Å²) in [5.74, 6) is -0.259. The summed E-state index contributed by atoms with van der Waals surface area (Å²) in [7, 11) is 1.49. The quantitative estimate of drug-likeness (QED) is 0.498. The van der Waals surface area contributed by atoms with Gasteiger partial charge in [-0.3, -0.25) is 4.79 Å². The number of hydrogen-bond donors (Lipinski definition) is 4. The van der Waals surface area contributed by atoms with E-state index in [0.717, 1.165) is 34.9 Å². The minimum absolute atomic E-state index is 0.101. The number of H-pyrrole nitrogens is 1. The van der Waals surface area contributed by atoms with Gasteiger partial charge in [-0.05, 0) is 41.1 Å². The Morgan fingerprint density at radius 1 is 1.42 bits per heavy atom. The van der Waals surface area contributed by atoms with Crippen molar-refractivity contribution in [2.45, 2.75) is 58.7 Å². The third kappa shape index (κ3) is 4.79. The fraction of sp³-hybridized carbons (Fsp3) is 0.571. The first-order valence-electron chi connectivity index (χ1n) is 10.3. The Labute approximate surface area is 190 Å². The van der Waals surface area contributed by atoms with Crippen LogP contribution >= 0.6 is 15.9 Å². The summed E-state index contributed by atoms with van der Waals surface area (Å²) >= 11 is 3.65. The summed E-state index contributed by atoms with van der Waals surface area (Å²) in [5.41, 5.74) is 1.91. The van der Waals surface area contributed by atoms with Gasteiger partial charge in [-0.2, -0.15) is 0 Å². The molecular weight excluding hydrogens is 466 g/mol. The number of carboxylic acid groups (broad SMARTS) is 1. The normalized spacial score (nSPS) is 20.5. The molecule has 3 heterocycles. The number of amides is 2. The second kappa shape index (κ2) is 9.04. The molecule has 2 aromatic rings. The lowest BCUT2D eigenvalue weighted by molar-refractivity contribution is -0.124. The van der Waals surface area contributed by atoms with Crippen molar-refractivity contribution in [2.75, 3.05) is 23.9 Å². The maximum atomic E-state index is 12.5. The van der Waals surface area contributed by atoms with E-state index in [2.05, 4.69) is 62.2 Å². The van der Waals surface area contributed by atoms with E-state index in [1.165, 1.54) is 7.11 Å². The molecule has 3 atom stereocenters. The van der Waals surface area contributed by atoms with Crippen molar-refractivity contribution in [2.24, 2.45) is 5.41 Å². The number of hydrogen-bond acceptors (Lipinski definition) is 5. The van der Waals surface area contributed by atoms with Crippen LogP contribution in [0.4, 0.5) is 16.2 Å². The number of methoxy groups -OCH3 is 1. The monoisotopic (exact) mass is 495 g/mol. The smallest absolute Gasteiger partial charge is 0.404 e. The number of rotatable bonds is 5. The summed E-state index contributed by atoms with van der Waals surface area (Å²) in [6.07, 6.45) is 3.42. The van der Waals surface area contributed by atoms with E-state index in [4.69, 9.17) is 4.74 Å². The number of aromatic amines is 1. The molecule has 9 nitrogen and oxygen atoms in total. The molecule has 0 spiro atoms. The third-order valence-corrected chi connectivity index (χ3v) is 6.30. The second-order valence-corrected chi connectivity index (χ2v) is 9.80. The summed E-state index contributed by atoms with van der Waals surface area (Å²) in [6.45, 7) is 8.77. The van der Waals surface area contributed by atoms with E-state index in [1.54, 1.807) is 19.3 Å². The molecule has 0 saturated carbocycles. The molecule has 170 valence electrons. The Morgan fingerprint density at radius 3 is 2.74 bits per heavy atom. The number of halogens is 1. The van der Waals surface area contributed by atoms with Crippen molar-refractivity contribution in [1.82, 2.24) is 15.3 Å². The zero-order valence-electron chi connectivity index (χ0n) is 18.5. The average molecular weight is 496 g/mol. The lowest BCUT2D eigenvalue weighted by Crippen LogP contribution is -2.60. The van der Waals surface area contributed by atoms with Gasteiger partial charge < -0.3 is 30.4 Å². The number of carbonyl (C=O) groups is 2. The topological polar surface area (TPSA) is 120 Å². The Balaban J connectivity index is 2.13. The molecule has 1 aliphatic rings. The first-order valence-corrected chi connectivity index (χ1v) is 11.1. The average Bonchev–Trinajstić information content (AvgIpc) is 3.08. The number of piperidine rings is 1. The lowest BCUT2D eigenvalue weighted by Gasteiger charge is -2.49. The molecule has 2 amide bonds. The SMILES string of the molecule is COC(C)C(=O)Nc1c[nH]c2ncc(Br)c(N3CCCC(NC(=O)O)C3C(C)(C)C)c12. The summed E-state index contributed by atoms with van der Waals surface area (Å²) < 4.78 is 5.91. The Hall–Kier alpha value is -2.33. The highest BCUT2D eigenvalue weighted by Gasteiger charge is 2.41. The van der Waals surface area contributed by atoms with Crippen LogP contribution in [0.15, 0.2) is 16.9 Å². The molecule has 3 unspecified atom stereocenters. The Morgan fingerprint density at radius 2 is 2.13 bits per heavy atom. The zero-order chi connectivity index (χ0) is 22.9. The maximum absolute atomic E-state index is 12.5. The molecular formula is C21H30BrN5O4. The fourth-order valence-corrected chi connectivity index (χ4v) is 4.93. The highest BCUT2D eigenvalue weighted by molar-refractivity contribution is 9.10. The number of carbonyl (C=O) groups excluding carboxylic acids is 1. The molecule has 2 aromatic heterocycles. The maximum Gasteiger partial charge on any atom is 0.404 e. The van der Waals surface area contributed by atoms with Gasteiger partial charge in [0.15, 0.2) is 0 Å². The number of pyridine rings is 1. The molecule has 10 heteroatoms. The standard InChI is InChI=1S/C21H30BrN5O4/c1-11(31-5)19(28)25-14-10-24-18-15(14)16(12(22)9-23-18)27-8-6-7-13(26-20(29)30)17(27)21(2,3)4/h9-11,13,17,26H,6-8H2,1-5H3,(H,23,24)(H,25,28)(H,29,30). The number of aromatic nitrogens is 2. The minimum Gasteiger partial charge on any atom is -0.465 e. The molecule has 3 rings (SSSR count). The van der Waals surface area contributed by atoms with Gasteiger partial charge in [0.2, 0.25) is 0 Å². The number of nitrogens with zero attached hydrogens (tertiary/aromatic N) is 2. The van der Waals surface area contributed by atoms with Gasteiger partial charge in [0.25, 0.3) is 5.91 Å². The summed E-state index contributed by atoms with van der Waals surface area (Å²) in [5, 5.41) is 15.8. The molecule has 1 saturated heterocycles. The van der Waals surface area contributed by atoms with Crippen LogP contribution in [0.5, 0.6) is 0 Å². The molecule has 1 fully saturated rings. The van der Waals surface area contributed by atoms with Crippen molar-refractivity contribution in [1.29, 1.82) is 0 Å². The molecule has 31 heavy (non-hydrogen) atoms. The second-order valence-electron chi connectivity index (χ2n) is 8.95. The van der Waals surface area contributed by atoms with E-state index in [9.17, 15) is 14.7 Å². The van der Waals surface area contributed by atoms with Gasteiger partial charge in [-0.25, -0.2) is 9.78 Å². The highest BCUT2D eigenvalue weighted by Crippen LogP contribution is 2.43. The van der Waals surface area contributed by atoms with Gasteiger partial charge in [0.1, 0.15) is 11.8 Å². The number of nitrogens with one attached hydrogen (secondary N) is 3. The van der Waals surface area contributed by atoms with E-state index in [-0.39, 0.29) is 23.4 Å². The summed E-state index contributed by atoms with van der Waals surface area (Å²) in [4.78, 5) is 33.8. The van der Waals surface area contributed by atoms with Crippen LogP contribution in [0, 0.1) is 5.41 Å². The van der Waals surface area contributed by atoms with Gasteiger partial charge in [-0.15, -0.1) is 0 Å². The van der Waals surface area contributed by atoms with Crippen molar-refractivity contribution >= 4 is 50.3 Å². The minimum atomic E-state index is -1.02. The van der Waals surface area contributed by atoms with E-state index >= 15 is 0 Å². The van der Waals surface area contributed by atoms with Gasteiger partial charge in [-0.1, -0.05) is 20.8 Å². The van der Waals surface area contributed by atoms with Crippen molar-refractivity contribution in [3.63, 3.8) is 0 Å². The predicted molar refractivity (Wildman–Crippen MR) is 124 cm³/mol. The van der Waals surface area contributed by atoms with Crippen LogP contribution < -0.4 is 15.5 Å². The number of anilines is 2. The van der Waals surface area contributed by atoms with Crippen LogP contribution in [0.1, 0.15) is 40.5 Å². The van der Waals surface area contributed by atoms with Crippen molar-refractivity contribution in [3.05, 3.63) is 16.9 Å². The van der Waals surface area contributed by atoms with Gasteiger partial charge in [0.05, 0.1) is 33.3 Å². The zero-order valence-corrected chi connectivity index (χ0v) is 20.0. The number of fused-ring (bicyclic) bond motifs is 1. The Kier molecular flexibility index (Phi) is 6.80. The van der Waals surface area contributed by atoms with Crippen molar-refractivity contribution in [3.8, 4) is 0 Å². The van der Waals surface area contributed by atoms with Gasteiger partial charge in [0, 0.05) is 26.0 Å². The molecule has 0 aliphatic carbocycles. The van der Waals surface area contributed by atoms with E-state index in [0.29, 0.717) is 11.3 Å². The van der Waals surface area contributed by atoms with Crippen LogP contribution in [0.2, 0.25) is 0 Å². The van der Waals surface area contributed by atoms with Gasteiger partial charge >= 0.3 is 6.09 Å². The fourth-order valence-electron chi connectivity index (χ4n) is 4.40. The first-order chi connectivity index (χ1) is 14.5. The van der Waals surface area contributed by atoms with Crippen LogP contribution in [-0.4, -0.2) is 58.9 Å². The van der Waals surface area contributed by atoms with E-state index < -0.39 is 12.2 Å². The molecule has 1 aliphatic heterocycles.